The summed E-state index contributed by atoms with van der Waals surface area (Å²) in [5, 5.41) is 0. The van der Waals surface area contributed by atoms with Gasteiger partial charge in [-0.25, -0.2) is 0 Å². The lowest BCUT2D eigenvalue weighted by atomic mass is 9.89. The molecule has 1 fully saturated rings. The number of hydrogen-bond donors (Lipinski definition) is 1. The summed E-state index contributed by atoms with van der Waals surface area (Å²) in [4.78, 5) is 14.3. The Morgan fingerprint density at radius 3 is 2.61 bits per heavy atom. The van der Waals surface area contributed by atoms with Gasteiger partial charge in [0, 0.05) is 13.1 Å². The minimum atomic E-state index is -0.312. The molecule has 2 N–H and O–H groups in total. The van der Waals surface area contributed by atoms with Gasteiger partial charge in [0.1, 0.15) is 0 Å². The lowest BCUT2D eigenvalue weighted by molar-refractivity contribution is -0.135. The smallest absolute Gasteiger partial charge is 0.239 e. The van der Waals surface area contributed by atoms with Crippen LogP contribution in [0.4, 0.5) is 0 Å². The molecule has 1 heterocycles. The van der Waals surface area contributed by atoms with Crippen molar-refractivity contribution < 1.29 is 4.79 Å². The molecule has 0 radical (unpaired) electrons. The number of piperidine rings is 1. The first kappa shape index (κ1) is 15.5. The van der Waals surface area contributed by atoms with Gasteiger partial charge in [-0.3, -0.25) is 4.79 Å². The Balaban J connectivity index is 2.52. The summed E-state index contributed by atoms with van der Waals surface area (Å²) in [6.07, 6.45) is 4.59. The van der Waals surface area contributed by atoms with Crippen LogP contribution in [0.15, 0.2) is 0 Å². The summed E-state index contributed by atoms with van der Waals surface area (Å²) in [6, 6.07) is -0.312. The van der Waals surface area contributed by atoms with E-state index in [4.69, 9.17) is 5.73 Å². The van der Waals surface area contributed by atoms with Crippen LogP contribution in [0.1, 0.15) is 53.4 Å². The molecule has 1 saturated heterocycles. The van der Waals surface area contributed by atoms with Gasteiger partial charge in [0.05, 0.1) is 6.04 Å². The van der Waals surface area contributed by atoms with Crippen molar-refractivity contribution in [2.24, 2.45) is 23.5 Å². The first-order valence-electron chi connectivity index (χ1n) is 7.50. The molecule has 3 atom stereocenters. The lowest BCUT2D eigenvalue weighted by Gasteiger charge is -2.36. The Hall–Kier alpha value is -0.570. The number of nitrogens with two attached hydrogens (primary N) is 1. The molecule has 106 valence electrons. The fourth-order valence-corrected chi connectivity index (χ4v) is 2.83. The van der Waals surface area contributed by atoms with Crippen LogP contribution in [0.3, 0.4) is 0 Å². The van der Waals surface area contributed by atoms with E-state index in [0.29, 0.717) is 11.8 Å². The molecule has 3 heteroatoms. The van der Waals surface area contributed by atoms with Gasteiger partial charge in [0.15, 0.2) is 0 Å². The molecular weight excluding hydrogens is 224 g/mol. The molecule has 0 saturated carbocycles. The molecular formula is C15H30N2O. The molecule has 18 heavy (non-hydrogen) atoms. The van der Waals surface area contributed by atoms with E-state index >= 15 is 0 Å². The molecule has 3 nitrogen and oxygen atoms in total. The van der Waals surface area contributed by atoms with Crippen LogP contribution in [0, 0.1) is 17.8 Å². The summed E-state index contributed by atoms with van der Waals surface area (Å²) < 4.78 is 0. The van der Waals surface area contributed by atoms with Gasteiger partial charge in [-0.05, 0) is 37.0 Å². The second-order valence-electron chi connectivity index (χ2n) is 6.33. The Morgan fingerprint density at radius 1 is 1.39 bits per heavy atom. The van der Waals surface area contributed by atoms with Gasteiger partial charge in [0.25, 0.3) is 0 Å². The first-order valence-corrected chi connectivity index (χ1v) is 7.50. The summed E-state index contributed by atoms with van der Waals surface area (Å²) in [7, 11) is 0. The number of amides is 1. The fraction of sp³-hybridized carbons (Fsp3) is 0.933. The maximum Gasteiger partial charge on any atom is 0.239 e. The van der Waals surface area contributed by atoms with Gasteiger partial charge in [-0.15, -0.1) is 0 Å². The highest BCUT2D eigenvalue weighted by Crippen LogP contribution is 2.24. The van der Waals surface area contributed by atoms with Gasteiger partial charge in [-0.2, -0.15) is 0 Å². The number of carbonyl (C=O) groups is 1. The van der Waals surface area contributed by atoms with Crippen LogP contribution in [-0.2, 0) is 4.79 Å². The molecule has 0 aromatic rings. The second kappa shape index (κ2) is 7.13. The number of nitrogens with zero attached hydrogens (tertiary/aromatic N) is 1. The van der Waals surface area contributed by atoms with Gasteiger partial charge < -0.3 is 10.6 Å². The highest BCUT2D eigenvalue weighted by Gasteiger charge is 2.29. The van der Waals surface area contributed by atoms with Crippen LogP contribution >= 0.6 is 0 Å². The minimum Gasteiger partial charge on any atom is -0.341 e. The number of hydrogen-bond acceptors (Lipinski definition) is 2. The Labute approximate surface area is 112 Å². The molecule has 0 aromatic carbocycles. The van der Waals surface area contributed by atoms with Gasteiger partial charge in [-0.1, -0.05) is 34.1 Å². The zero-order valence-electron chi connectivity index (χ0n) is 12.5. The number of likely N-dealkylation sites (tertiary alicyclic amines) is 1. The Morgan fingerprint density at radius 2 is 2.06 bits per heavy atom. The third kappa shape index (κ3) is 4.27. The third-order valence-electron chi connectivity index (χ3n) is 4.18. The van der Waals surface area contributed by atoms with Crippen molar-refractivity contribution in [3.63, 3.8) is 0 Å². The van der Waals surface area contributed by atoms with E-state index in [9.17, 15) is 4.79 Å². The van der Waals surface area contributed by atoms with Crippen LogP contribution in [-0.4, -0.2) is 29.9 Å². The minimum absolute atomic E-state index is 0.165. The first-order chi connectivity index (χ1) is 8.45. The van der Waals surface area contributed by atoms with E-state index in [0.717, 1.165) is 25.9 Å². The van der Waals surface area contributed by atoms with Crippen molar-refractivity contribution in [2.45, 2.75) is 59.4 Å². The number of rotatable bonds is 5. The maximum absolute atomic E-state index is 12.3. The van der Waals surface area contributed by atoms with Crippen molar-refractivity contribution in [2.75, 3.05) is 13.1 Å². The zero-order chi connectivity index (χ0) is 13.7. The quantitative estimate of drug-likeness (QED) is 0.820. The maximum atomic E-state index is 12.3. The van der Waals surface area contributed by atoms with Gasteiger partial charge >= 0.3 is 0 Å². The average Bonchev–Trinajstić information content (AvgIpc) is 2.35. The molecule has 0 spiro atoms. The SMILES string of the molecule is CCC(C)C(N)C(=O)N1CCCC(CC(C)C)C1. The van der Waals surface area contributed by atoms with Crippen molar-refractivity contribution in [1.29, 1.82) is 0 Å². The second-order valence-corrected chi connectivity index (χ2v) is 6.33. The van der Waals surface area contributed by atoms with Crippen molar-refractivity contribution in [1.82, 2.24) is 4.90 Å². The van der Waals surface area contributed by atoms with Crippen LogP contribution in [0.5, 0.6) is 0 Å². The molecule has 0 aliphatic carbocycles. The largest absolute Gasteiger partial charge is 0.341 e. The van der Waals surface area contributed by atoms with Gasteiger partial charge in [0.2, 0.25) is 5.91 Å². The third-order valence-corrected chi connectivity index (χ3v) is 4.18. The standard InChI is InChI=1S/C15H30N2O/c1-5-12(4)14(16)15(18)17-8-6-7-13(10-17)9-11(2)3/h11-14H,5-10,16H2,1-4H3. The molecule has 0 aromatic heterocycles. The summed E-state index contributed by atoms with van der Waals surface area (Å²) in [6.45, 7) is 10.5. The normalized spacial score (nSPS) is 24.1. The molecule has 0 bridgehead atoms. The topological polar surface area (TPSA) is 46.3 Å². The van der Waals surface area contributed by atoms with Crippen LogP contribution in [0.2, 0.25) is 0 Å². The van der Waals surface area contributed by atoms with E-state index in [-0.39, 0.29) is 17.9 Å². The molecule has 3 unspecified atom stereocenters. The highest BCUT2D eigenvalue weighted by molar-refractivity contribution is 5.82. The summed E-state index contributed by atoms with van der Waals surface area (Å²) in [5.74, 6) is 1.83. The van der Waals surface area contributed by atoms with E-state index in [1.54, 1.807) is 0 Å². The highest BCUT2D eigenvalue weighted by atomic mass is 16.2. The predicted molar refractivity (Wildman–Crippen MR) is 76.2 cm³/mol. The molecule has 1 rings (SSSR count). The molecule has 1 amide bonds. The van der Waals surface area contributed by atoms with Crippen molar-refractivity contribution in [3.8, 4) is 0 Å². The summed E-state index contributed by atoms with van der Waals surface area (Å²) >= 11 is 0. The van der Waals surface area contributed by atoms with Crippen molar-refractivity contribution in [3.05, 3.63) is 0 Å². The Kier molecular flexibility index (Phi) is 6.13. The van der Waals surface area contributed by atoms with E-state index in [1.807, 2.05) is 4.90 Å². The fourth-order valence-electron chi connectivity index (χ4n) is 2.83. The number of carbonyl (C=O) groups excluding carboxylic acids is 1. The molecule has 1 aliphatic rings. The zero-order valence-corrected chi connectivity index (χ0v) is 12.5. The lowest BCUT2D eigenvalue weighted by Crippen LogP contribution is -2.50. The van der Waals surface area contributed by atoms with Crippen molar-refractivity contribution >= 4 is 5.91 Å². The summed E-state index contributed by atoms with van der Waals surface area (Å²) in [5.41, 5.74) is 6.06. The monoisotopic (exact) mass is 254 g/mol. The van der Waals surface area contributed by atoms with Crippen LogP contribution in [0.25, 0.3) is 0 Å². The Bertz CT molecular complexity index is 265. The van der Waals surface area contributed by atoms with Crippen LogP contribution < -0.4 is 5.73 Å². The van der Waals surface area contributed by atoms with E-state index < -0.39 is 0 Å². The van der Waals surface area contributed by atoms with E-state index in [2.05, 4.69) is 27.7 Å². The van der Waals surface area contributed by atoms with E-state index in [1.165, 1.54) is 12.8 Å². The molecule has 1 aliphatic heterocycles. The predicted octanol–water partition coefficient (Wildman–Crippen LogP) is 2.64. The average molecular weight is 254 g/mol.